The number of carbonyl (C=O) groups is 1. The van der Waals surface area contributed by atoms with Crippen molar-refractivity contribution in [2.75, 3.05) is 27.5 Å². The highest BCUT2D eigenvalue weighted by Gasteiger charge is 2.17. The Morgan fingerprint density at radius 1 is 1.64 bits per heavy atom. The van der Waals surface area contributed by atoms with E-state index >= 15 is 0 Å². The zero-order valence-corrected chi connectivity index (χ0v) is 5.74. The monoisotopic (exact) mass is 171 g/mol. The van der Waals surface area contributed by atoms with Gasteiger partial charge in [0.25, 0.3) is 0 Å². The van der Waals surface area contributed by atoms with Crippen molar-refractivity contribution in [2.24, 2.45) is 0 Å². The number of carboxylic acids is 1. The first-order valence-corrected chi connectivity index (χ1v) is 2.84. The number of quaternary nitrogens is 1. The fourth-order valence-corrected chi connectivity index (χ4v) is 0.582. The van der Waals surface area contributed by atoms with Gasteiger partial charge in [-0.15, -0.1) is 0 Å². The van der Waals surface area contributed by atoms with Crippen LogP contribution in [0.1, 0.15) is 18.8 Å². The molecule has 1 atom stereocenters. The van der Waals surface area contributed by atoms with Gasteiger partial charge in [0, 0.05) is 0 Å². The lowest BCUT2D eigenvalue weighted by Gasteiger charge is -2.25. The third-order valence-electron chi connectivity index (χ3n) is 0.895. The Morgan fingerprint density at radius 2 is 2.18 bits per heavy atom. The molecule has 11 heavy (non-hydrogen) atoms. The van der Waals surface area contributed by atoms with Crippen LogP contribution in [0.2, 0.25) is 0 Å². The Balaban J connectivity index is 5.86. The molecule has 0 fully saturated rings. The zero-order valence-electron chi connectivity index (χ0n) is 14.7. The van der Waals surface area contributed by atoms with Crippen LogP contribution >= 0.6 is 0 Å². The second-order valence-electron chi connectivity index (χ2n) is 2.24. The van der Waals surface area contributed by atoms with Crippen molar-refractivity contribution < 1.29 is 31.8 Å². The maximum atomic E-state index is 10.5. The predicted octanol–water partition coefficient (Wildman–Crippen LogP) is -0.472. The molecule has 0 spiro atoms. The molecular weight excluding hydrogens is 146 g/mol. The van der Waals surface area contributed by atoms with E-state index in [2.05, 4.69) is 0 Å². The van der Waals surface area contributed by atoms with E-state index in [0.717, 1.165) is 0 Å². The molecule has 0 aliphatic rings. The molecule has 0 aromatic rings. The number of rotatable bonds is 4. The summed E-state index contributed by atoms with van der Waals surface area (Å²) in [5.41, 5.74) is 0. The average Bonchev–Trinajstić information content (AvgIpc) is 2.06. The van der Waals surface area contributed by atoms with Crippen molar-refractivity contribution in [1.82, 2.24) is 0 Å². The van der Waals surface area contributed by atoms with Crippen LogP contribution in [0.4, 0.5) is 0 Å². The van der Waals surface area contributed by atoms with E-state index in [1.54, 1.807) is 0 Å². The van der Waals surface area contributed by atoms with Crippen molar-refractivity contribution in [3.63, 3.8) is 0 Å². The van der Waals surface area contributed by atoms with Crippen molar-refractivity contribution in [2.45, 2.75) is 12.5 Å². The normalized spacial score (nSPS) is 30.1. The van der Waals surface area contributed by atoms with E-state index in [0.29, 0.717) is 0 Å². The molecule has 0 saturated heterocycles. The second-order valence-corrected chi connectivity index (χ2v) is 2.24. The van der Waals surface area contributed by atoms with Crippen LogP contribution < -0.4 is 0 Å². The Labute approximate surface area is 79.3 Å². The summed E-state index contributed by atoms with van der Waals surface area (Å²) < 4.78 is 62.9. The van der Waals surface area contributed by atoms with E-state index in [4.69, 9.17) is 17.4 Å². The molecule has 0 aliphatic carbocycles. The molecule has 0 radical (unpaired) electrons. The van der Waals surface area contributed by atoms with Crippen molar-refractivity contribution >= 4 is 5.97 Å². The first kappa shape index (κ1) is 2.71. The van der Waals surface area contributed by atoms with Crippen LogP contribution in [-0.4, -0.2) is 54.2 Å². The molecule has 66 valence electrons. The molecule has 0 bridgehead atoms. The minimum atomic E-state index is -3.49. The van der Waals surface area contributed by atoms with Crippen LogP contribution in [0.3, 0.4) is 0 Å². The molecular formula is C7H16NO3+. The summed E-state index contributed by atoms with van der Waals surface area (Å²) in [7, 11) is 0. The third-order valence-corrected chi connectivity index (χ3v) is 0.895. The lowest BCUT2D eigenvalue weighted by Crippen LogP contribution is -2.42. The number of aliphatic hydroxyl groups is 1. The Hall–Kier alpha value is -0.610. The van der Waals surface area contributed by atoms with E-state index in [9.17, 15) is 9.90 Å². The zero-order chi connectivity index (χ0) is 16.6. The lowest BCUT2D eigenvalue weighted by atomic mass is 10.2. The van der Waals surface area contributed by atoms with E-state index in [1.807, 2.05) is 0 Å². The summed E-state index contributed by atoms with van der Waals surface area (Å²) >= 11 is 0. The van der Waals surface area contributed by atoms with E-state index in [1.165, 1.54) is 0 Å². The standard InChI is InChI=1S/C7H15NO3/c1-8(2,3)5-6(9)4-7(10)11/h6,9H,4-5H2,1-3H3/p+1/t6-/m1/s1/i1D3,2D3,3D3. The molecule has 4 heteroatoms. The van der Waals surface area contributed by atoms with Gasteiger partial charge in [0.2, 0.25) is 0 Å². The highest BCUT2D eigenvalue weighted by molar-refractivity contribution is 5.67. The predicted molar refractivity (Wildman–Crippen MR) is 41.2 cm³/mol. The van der Waals surface area contributed by atoms with Crippen LogP contribution in [0.15, 0.2) is 0 Å². The number of hydrogen-bond acceptors (Lipinski definition) is 2. The maximum absolute atomic E-state index is 10.5. The molecule has 4 nitrogen and oxygen atoms in total. The first-order chi connectivity index (χ1) is 8.56. The van der Waals surface area contributed by atoms with Gasteiger partial charge < -0.3 is 14.7 Å². The molecule has 0 unspecified atom stereocenters. The number of aliphatic hydroxyl groups excluding tert-OH is 1. The van der Waals surface area contributed by atoms with Crippen LogP contribution in [0, 0.1) is 0 Å². The quantitative estimate of drug-likeness (QED) is 0.562. The number of likely N-dealkylation sites (N-methyl/N-ethyl adjacent to an activating group) is 1. The summed E-state index contributed by atoms with van der Waals surface area (Å²) in [5.74, 6) is -1.50. The summed E-state index contributed by atoms with van der Waals surface area (Å²) in [6.45, 7) is -11.7. The van der Waals surface area contributed by atoms with Gasteiger partial charge in [-0.25, -0.2) is 0 Å². The Morgan fingerprint density at radius 3 is 2.55 bits per heavy atom. The fraction of sp³-hybridized carbons (Fsp3) is 0.857. The smallest absolute Gasteiger partial charge is 0.306 e. The Bertz CT molecular complexity index is 322. The SMILES string of the molecule is [2H]C([2H])([2H])[N+](C[C@H](O)CC(=O)O)(C([2H])([2H])[2H])C([2H])([2H])[2H]. The molecule has 0 aromatic carbocycles. The molecule has 0 rings (SSSR count). The van der Waals surface area contributed by atoms with E-state index in [-0.39, 0.29) is 0 Å². The summed E-state index contributed by atoms with van der Waals surface area (Å²) in [6, 6.07) is 0. The van der Waals surface area contributed by atoms with E-state index < -0.39 is 50.4 Å². The molecule has 0 heterocycles. The largest absolute Gasteiger partial charge is 0.481 e. The molecule has 0 amide bonds. The lowest BCUT2D eigenvalue weighted by molar-refractivity contribution is -0.873. The van der Waals surface area contributed by atoms with Gasteiger partial charge in [-0.2, -0.15) is 0 Å². The van der Waals surface area contributed by atoms with Gasteiger partial charge >= 0.3 is 5.97 Å². The van der Waals surface area contributed by atoms with Gasteiger partial charge in [-0.05, 0) is 0 Å². The molecule has 0 saturated carbocycles. The summed E-state index contributed by atoms with van der Waals surface area (Å²) in [5, 5.41) is 18.0. The highest BCUT2D eigenvalue weighted by atomic mass is 16.4. The van der Waals surface area contributed by atoms with Gasteiger partial charge in [-0.3, -0.25) is 4.79 Å². The number of carboxylic acid groups (broad SMARTS) is 1. The van der Waals surface area contributed by atoms with Crippen molar-refractivity contribution in [3.05, 3.63) is 0 Å². The van der Waals surface area contributed by atoms with Gasteiger partial charge in [0.1, 0.15) is 12.6 Å². The number of nitrogens with zero attached hydrogens (tertiary/aromatic N) is 1. The van der Waals surface area contributed by atoms with Crippen molar-refractivity contribution in [1.29, 1.82) is 0 Å². The minimum absolute atomic E-state index is 0.956. The van der Waals surface area contributed by atoms with Gasteiger partial charge in [0.15, 0.2) is 0 Å². The Kier molecular flexibility index (Phi) is 0.908. The summed E-state index contributed by atoms with van der Waals surface area (Å²) in [6.07, 6.45) is -2.88. The summed E-state index contributed by atoms with van der Waals surface area (Å²) in [4.78, 5) is 10.5. The van der Waals surface area contributed by atoms with Gasteiger partial charge in [0.05, 0.1) is 39.7 Å². The molecule has 0 aliphatic heterocycles. The highest BCUT2D eigenvalue weighted by Crippen LogP contribution is 1.98. The molecule has 0 aromatic heterocycles. The maximum Gasteiger partial charge on any atom is 0.306 e. The number of hydrogen-bond donors (Lipinski definition) is 2. The fourth-order valence-electron chi connectivity index (χ4n) is 0.582. The topological polar surface area (TPSA) is 57.5 Å². The van der Waals surface area contributed by atoms with Crippen LogP contribution in [0.25, 0.3) is 0 Å². The van der Waals surface area contributed by atoms with Crippen LogP contribution in [0.5, 0.6) is 0 Å². The second kappa shape index (κ2) is 3.69. The minimum Gasteiger partial charge on any atom is -0.481 e. The van der Waals surface area contributed by atoms with Crippen LogP contribution in [-0.2, 0) is 4.79 Å². The third kappa shape index (κ3) is 7.29. The molecule has 2 N–H and O–H groups in total. The van der Waals surface area contributed by atoms with Crippen molar-refractivity contribution in [3.8, 4) is 0 Å². The average molecular weight is 171 g/mol. The number of aliphatic carboxylic acids is 1. The first-order valence-electron chi connectivity index (χ1n) is 7.34. The van der Waals surface area contributed by atoms with Gasteiger partial charge in [-0.1, -0.05) is 0 Å².